The van der Waals surface area contributed by atoms with E-state index in [0.717, 1.165) is 17.7 Å². The monoisotopic (exact) mass is 483 g/mol. The highest BCUT2D eigenvalue weighted by molar-refractivity contribution is 8.26. The summed E-state index contributed by atoms with van der Waals surface area (Å²) in [4.78, 5) is 14.6. The van der Waals surface area contributed by atoms with E-state index in [1.165, 1.54) is 22.2 Å². The topological polar surface area (TPSA) is 48.0 Å². The van der Waals surface area contributed by atoms with Crippen LogP contribution in [-0.2, 0) is 4.79 Å². The lowest BCUT2D eigenvalue weighted by Gasteiger charge is -2.13. The van der Waals surface area contributed by atoms with E-state index in [9.17, 15) is 4.79 Å². The number of nitrogens with zero attached hydrogens (tertiary/aromatic N) is 1. The first-order chi connectivity index (χ1) is 16.0. The van der Waals surface area contributed by atoms with Crippen LogP contribution in [0.5, 0.6) is 17.2 Å². The number of benzene rings is 2. The third-order valence-corrected chi connectivity index (χ3v) is 6.72. The molecular weight excluding hydrogens is 454 g/mol. The van der Waals surface area contributed by atoms with Crippen molar-refractivity contribution in [3.05, 3.63) is 71.2 Å². The molecule has 1 unspecified atom stereocenters. The maximum atomic E-state index is 12.5. The summed E-state index contributed by atoms with van der Waals surface area (Å²) in [6, 6.07) is 13.8. The van der Waals surface area contributed by atoms with Crippen molar-refractivity contribution in [1.82, 2.24) is 4.90 Å². The molecule has 33 heavy (non-hydrogen) atoms. The van der Waals surface area contributed by atoms with Crippen LogP contribution in [0.1, 0.15) is 37.3 Å². The summed E-state index contributed by atoms with van der Waals surface area (Å²) in [6.45, 7) is 9.28. The van der Waals surface area contributed by atoms with E-state index in [0.29, 0.717) is 46.4 Å². The van der Waals surface area contributed by atoms with Crippen LogP contribution < -0.4 is 14.2 Å². The molecule has 0 aromatic heterocycles. The van der Waals surface area contributed by atoms with Gasteiger partial charge in [-0.25, -0.2) is 0 Å². The van der Waals surface area contributed by atoms with Crippen molar-refractivity contribution in [2.75, 3.05) is 26.9 Å². The van der Waals surface area contributed by atoms with Crippen LogP contribution >= 0.6 is 24.0 Å². The lowest BCUT2D eigenvalue weighted by molar-refractivity contribution is -0.121. The fraction of sp³-hybridized carbons (Fsp3) is 0.308. The Balaban J connectivity index is 1.57. The van der Waals surface area contributed by atoms with Crippen molar-refractivity contribution in [1.29, 1.82) is 0 Å². The van der Waals surface area contributed by atoms with Crippen molar-refractivity contribution in [2.45, 2.75) is 26.2 Å². The summed E-state index contributed by atoms with van der Waals surface area (Å²) < 4.78 is 17.7. The third kappa shape index (κ3) is 6.39. The first-order valence-electron chi connectivity index (χ1n) is 10.9. The van der Waals surface area contributed by atoms with Gasteiger partial charge in [0.1, 0.15) is 23.3 Å². The average molecular weight is 484 g/mol. The molecular formula is C26H29NO4S2. The summed E-state index contributed by atoms with van der Waals surface area (Å²) in [5.41, 5.74) is 2.14. The Bertz CT molecular complexity index is 1030. The molecule has 0 bridgehead atoms. The highest BCUT2D eigenvalue weighted by Crippen LogP contribution is 2.34. The van der Waals surface area contributed by atoms with Gasteiger partial charge >= 0.3 is 0 Å². The van der Waals surface area contributed by atoms with E-state index in [1.54, 1.807) is 19.3 Å². The molecule has 2 aromatic rings. The standard InChI is InChI=1S/C26H29NO4S2/c1-5-13-27-25(28)24(33-26(27)32)17-19-7-12-22(23(16-19)29-4)31-15-14-30-21-10-8-20(9-11-21)18(3)6-2/h5,7-12,16-18H,1,6,13-15H2,2-4H3/b24-17-. The van der Waals surface area contributed by atoms with Crippen molar-refractivity contribution >= 4 is 40.3 Å². The summed E-state index contributed by atoms with van der Waals surface area (Å²) in [5, 5.41) is 0. The van der Waals surface area contributed by atoms with E-state index in [2.05, 4.69) is 32.6 Å². The Hall–Kier alpha value is -2.77. The molecule has 0 aliphatic carbocycles. The molecule has 7 heteroatoms. The zero-order valence-electron chi connectivity index (χ0n) is 19.2. The predicted octanol–water partition coefficient (Wildman–Crippen LogP) is 6.05. The fourth-order valence-electron chi connectivity index (χ4n) is 3.27. The molecule has 174 valence electrons. The minimum Gasteiger partial charge on any atom is -0.493 e. The molecule has 3 rings (SSSR count). The maximum absolute atomic E-state index is 12.5. The largest absolute Gasteiger partial charge is 0.493 e. The second-order valence-corrected chi connectivity index (χ2v) is 9.24. The maximum Gasteiger partial charge on any atom is 0.266 e. The minimum atomic E-state index is -0.112. The smallest absolute Gasteiger partial charge is 0.266 e. The van der Waals surface area contributed by atoms with Gasteiger partial charge in [0.2, 0.25) is 0 Å². The molecule has 1 fully saturated rings. The fourth-order valence-corrected chi connectivity index (χ4v) is 4.55. The van der Waals surface area contributed by atoms with Crippen LogP contribution in [0.2, 0.25) is 0 Å². The predicted molar refractivity (Wildman–Crippen MR) is 139 cm³/mol. The lowest BCUT2D eigenvalue weighted by Crippen LogP contribution is -2.27. The van der Waals surface area contributed by atoms with Crippen molar-refractivity contribution in [3.63, 3.8) is 0 Å². The van der Waals surface area contributed by atoms with Gasteiger partial charge in [-0.3, -0.25) is 9.69 Å². The van der Waals surface area contributed by atoms with Crippen LogP contribution in [0.15, 0.2) is 60.0 Å². The van der Waals surface area contributed by atoms with Gasteiger partial charge in [0.05, 0.1) is 12.0 Å². The first-order valence-corrected chi connectivity index (χ1v) is 12.1. The third-order valence-electron chi connectivity index (χ3n) is 5.34. The first kappa shape index (κ1) is 24.9. The quantitative estimate of drug-likeness (QED) is 0.168. The molecule has 1 amide bonds. The van der Waals surface area contributed by atoms with E-state index < -0.39 is 0 Å². The highest BCUT2D eigenvalue weighted by Gasteiger charge is 2.31. The Morgan fingerprint density at radius 1 is 1.12 bits per heavy atom. The van der Waals surface area contributed by atoms with Crippen LogP contribution in [0.4, 0.5) is 0 Å². The van der Waals surface area contributed by atoms with Crippen molar-refractivity contribution in [3.8, 4) is 17.2 Å². The van der Waals surface area contributed by atoms with Gasteiger partial charge in [0, 0.05) is 6.54 Å². The molecule has 1 heterocycles. The summed E-state index contributed by atoms with van der Waals surface area (Å²) >= 11 is 6.57. The highest BCUT2D eigenvalue weighted by atomic mass is 32.2. The van der Waals surface area contributed by atoms with Gasteiger partial charge in [-0.05, 0) is 53.8 Å². The number of carbonyl (C=O) groups excluding carboxylic acids is 1. The van der Waals surface area contributed by atoms with Crippen LogP contribution in [0, 0.1) is 0 Å². The lowest BCUT2D eigenvalue weighted by atomic mass is 9.99. The number of hydrogen-bond acceptors (Lipinski definition) is 6. The van der Waals surface area contributed by atoms with E-state index in [4.69, 9.17) is 26.4 Å². The number of thiocarbonyl (C=S) groups is 1. The van der Waals surface area contributed by atoms with E-state index >= 15 is 0 Å². The van der Waals surface area contributed by atoms with Crippen LogP contribution in [-0.4, -0.2) is 42.0 Å². The summed E-state index contributed by atoms with van der Waals surface area (Å²) in [5.74, 6) is 2.45. The molecule has 1 aliphatic rings. The number of carbonyl (C=O) groups is 1. The molecule has 1 saturated heterocycles. The molecule has 1 aliphatic heterocycles. The molecule has 0 saturated carbocycles. The number of rotatable bonds is 11. The SMILES string of the molecule is C=CCN1C(=O)/C(=C/c2ccc(OCCOc3ccc(C(C)CC)cc3)c(OC)c2)SC1=S. The van der Waals surface area contributed by atoms with Gasteiger partial charge in [0.25, 0.3) is 5.91 Å². The Morgan fingerprint density at radius 2 is 1.85 bits per heavy atom. The Kier molecular flexibility index (Phi) is 8.97. The molecule has 0 radical (unpaired) electrons. The van der Waals surface area contributed by atoms with Gasteiger partial charge in [0.15, 0.2) is 11.5 Å². The summed E-state index contributed by atoms with van der Waals surface area (Å²) in [7, 11) is 1.59. The molecule has 1 atom stereocenters. The molecule has 2 aromatic carbocycles. The number of methoxy groups -OCH3 is 1. The van der Waals surface area contributed by atoms with Gasteiger partial charge in [-0.15, -0.1) is 6.58 Å². The molecule has 0 N–H and O–H groups in total. The van der Waals surface area contributed by atoms with E-state index in [-0.39, 0.29) is 5.91 Å². The number of amides is 1. The normalized spacial score (nSPS) is 15.6. The molecule has 0 spiro atoms. The van der Waals surface area contributed by atoms with E-state index in [1.807, 2.05) is 30.3 Å². The zero-order chi connectivity index (χ0) is 23.8. The van der Waals surface area contributed by atoms with Crippen molar-refractivity contribution < 1.29 is 19.0 Å². The average Bonchev–Trinajstić information content (AvgIpc) is 3.09. The Morgan fingerprint density at radius 3 is 2.52 bits per heavy atom. The number of ether oxygens (including phenoxy) is 3. The number of hydrogen-bond donors (Lipinski definition) is 0. The second kappa shape index (κ2) is 11.9. The summed E-state index contributed by atoms with van der Waals surface area (Å²) in [6.07, 6.45) is 4.58. The van der Waals surface area contributed by atoms with Crippen LogP contribution in [0.25, 0.3) is 6.08 Å². The van der Waals surface area contributed by atoms with Crippen molar-refractivity contribution in [2.24, 2.45) is 0 Å². The molecule has 5 nitrogen and oxygen atoms in total. The van der Waals surface area contributed by atoms with Gasteiger partial charge < -0.3 is 14.2 Å². The minimum absolute atomic E-state index is 0.112. The van der Waals surface area contributed by atoms with Gasteiger partial charge in [-0.1, -0.05) is 62.1 Å². The number of thioether (sulfide) groups is 1. The zero-order valence-corrected chi connectivity index (χ0v) is 20.8. The van der Waals surface area contributed by atoms with Gasteiger partial charge in [-0.2, -0.15) is 0 Å². The second-order valence-electron chi connectivity index (χ2n) is 7.57. The van der Waals surface area contributed by atoms with Crippen LogP contribution in [0.3, 0.4) is 0 Å². The Labute approximate surface area is 205 Å².